The number of carbonyl (C=O) groups excluding carboxylic acids is 1. The van der Waals surface area contributed by atoms with Crippen LogP contribution in [0.1, 0.15) is 26.2 Å². The van der Waals surface area contributed by atoms with Crippen molar-refractivity contribution < 1.29 is 23.1 Å². The smallest absolute Gasteiger partial charge is 0.326 e. The molecule has 3 aromatic rings. The summed E-state index contributed by atoms with van der Waals surface area (Å²) in [7, 11) is -4.16. The van der Waals surface area contributed by atoms with E-state index in [4.69, 9.17) is 5.73 Å². The van der Waals surface area contributed by atoms with Crippen molar-refractivity contribution in [3.63, 3.8) is 0 Å². The summed E-state index contributed by atoms with van der Waals surface area (Å²) >= 11 is 0. The molecule has 194 valence electrons. The lowest BCUT2D eigenvalue weighted by atomic mass is 10.0. The van der Waals surface area contributed by atoms with Gasteiger partial charge in [0.05, 0.1) is 10.6 Å². The highest BCUT2D eigenvalue weighted by atomic mass is 32.2. The van der Waals surface area contributed by atoms with Gasteiger partial charge in [0, 0.05) is 6.54 Å². The molecule has 1 fully saturated rings. The largest absolute Gasteiger partial charge is 0.480 e. The lowest BCUT2D eigenvalue weighted by Gasteiger charge is -2.38. The van der Waals surface area contributed by atoms with E-state index in [1.54, 1.807) is 49.4 Å². The predicted molar refractivity (Wildman–Crippen MR) is 141 cm³/mol. The fraction of sp³-hybridized carbons (Fsp3) is 0.269. The Hall–Kier alpha value is -4.12. The number of carboxylic acid groups (broad SMARTS) is 1. The number of nitrogens with two attached hydrogens (primary N) is 1. The van der Waals surface area contributed by atoms with Crippen LogP contribution in [0.5, 0.6) is 0 Å². The minimum atomic E-state index is -4.16. The molecule has 1 aliphatic rings. The van der Waals surface area contributed by atoms with E-state index in [1.165, 1.54) is 22.0 Å². The van der Waals surface area contributed by atoms with Crippen LogP contribution in [0, 0.1) is 0 Å². The van der Waals surface area contributed by atoms with Crippen molar-refractivity contribution in [3.05, 3.63) is 72.8 Å². The fourth-order valence-corrected chi connectivity index (χ4v) is 5.35. The summed E-state index contributed by atoms with van der Waals surface area (Å²) in [6.07, 6.45) is 1.80. The third-order valence-electron chi connectivity index (χ3n) is 6.32. The fourth-order valence-electron chi connectivity index (χ4n) is 4.43. The first-order valence-corrected chi connectivity index (χ1v) is 13.3. The van der Waals surface area contributed by atoms with E-state index in [9.17, 15) is 23.1 Å². The average Bonchev–Trinajstić information content (AvgIpc) is 2.90. The van der Waals surface area contributed by atoms with Crippen LogP contribution in [-0.2, 0) is 19.6 Å². The van der Waals surface area contributed by atoms with Crippen molar-refractivity contribution in [3.8, 4) is 0 Å². The van der Waals surface area contributed by atoms with E-state index < -0.39 is 39.9 Å². The van der Waals surface area contributed by atoms with Crippen LogP contribution in [0.15, 0.2) is 82.1 Å². The molecule has 0 aromatic heterocycles. The number of carboxylic acids is 1. The zero-order chi connectivity index (χ0) is 26.6. The number of aliphatic carboxylic acids is 1. The van der Waals surface area contributed by atoms with Crippen LogP contribution in [0.4, 0.5) is 5.69 Å². The number of carbonyl (C=O) groups is 2. The highest BCUT2D eigenvalue weighted by molar-refractivity contribution is 7.90. The van der Waals surface area contributed by atoms with Gasteiger partial charge in [-0.15, -0.1) is 4.40 Å². The Morgan fingerprint density at radius 3 is 2.43 bits per heavy atom. The first-order chi connectivity index (χ1) is 17.7. The molecule has 10 nitrogen and oxygen atoms in total. The Labute approximate surface area is 215 Å². The van der Waals surface area contributed by atoms with E-state index in [-0.39, 0.29) is 4.90 Å². The van der Waals surface area contributed by atoms with Crippen LogP contribution < -0.4 is 16.2 Å². The van der Waals surface area contributed by atoms with Crippen molar-refractivity contribution in [2.45, 2.75) is 43.2 Å². The second-order valence-electron chi connectivity index (χ2n) is 8.84. The number of nitrogens with one attached hydrogen (secondary N) is 1. The number of fused-ring (bicyclic) bond motifs is 1. The molecule has 0 bridgehead atoms. The molecule has 11 heteroatoms. The number of guanidine groups is 1. The molecule has 4 N–H and O–H groups in total. The molecule has 0 saturated carbocycles. The number of rotatable bonds is 7. The van der Waals surface area contributed by atoms with Gasteiger partial charge in [0.15, 0.2) is 0 Å². The number of hydrogen-bond acceptors (Lipinski definition) is 5. The van der Waals surface area contributed by atoms with Crippen molar-refractivity contribution in [2.75, 3.05) is 11.6 Å². The van der Waals surface area contributed by atoms with Crippen LogP contribution in [0.2, 0.25) is 0 Å². The second kappa shape index (κ2) is 10.9. The van der Waals surface area contributed by atoms with E-state index in [0.29, 0.717) is 25.1 Å². The van der Waals surface area contributed by atoms with Crippen molar-refractivity contribution in [1.82, 2.24) is 10.3 Å². The third-order valence-corrected chi connectivity index (χ3v) is 7.61. The van der Waals surface area contributed by atoms with Gasteiger partial charge in [-0.2, -0.15) is 8.42 Å². The topological polar surface area (TPSA) is 145 Å². The molecule has 37 heavy (non-hydrogen) atoms. The van der Waals surface area contributed by atoms with Gasteiger partial charge in [-0.05, 0) is 61.2 Å². The van der Waals surface area contributed by atoms with Crippen LogP contribution in [0.25, 0.3) is 10.8 Å². The number of sulfonamides is 1. The number of amides is 1. The summed E-state index contributed by atoms with van der Waals surface area (Å²) in [5, 5.41) is 12.6. The quantitative estimate of drug-likeness (QED) is 0.243. The Morgan fingerprint density at radius 2 is 1.73 bits per heavy atom. The van der Waals surface area contributed by atoms with Crippen LogP contribution in [-0.4, -0.2) is 54.9 Å². The average molecular weight is 524 g/mol. The zero-order valence-corrected chi connectivity index (χ0v) is 21.1. The summed E-state index contributed by atoms with van der Waals surface area (Å²) in [5.41, 5.74) is 9.31. The Morgan fingerprint density at radius 1 is 1.05 bits per heavy atom. The highest BCUT2D eigenvalue weighted by Gasteiger charge is 2.36. The van der Waals surface area contributed by atoms with Gasteiger partial charge >= 0.3 is 5.97 Å². The lowest BCUT2D eigenvalue weighted by Crippen LogP contribution is -2.59. The first kappa shape index (κ1) is 26.0. The second-order valence-corrected chi connectivity index (χ2v) is 10.4. The molecule has 4 rings (SSSR count). The summed E-state index contributed by atoms with van der Waals surface area (Å²) < 4.78 is 29.8. The first-order valence-electron chi connectivity index (χ1n) is 11.9. The number of piperidine rings is 1. The lowest BCUT2D eigenvalue weighted by molar-refractivity contribution is -0.152. The van der Waals surface area contributed by atoms with Gasteiger partial charge in [-0.1, -0.05) is 48.5 Å². The zero-order valence-electron chi connectivity index (χ0n) is 20.3. The predicted octanol–water partition coefficient (Wildman–Crippen LogP) is 2.71. The number of anilines is 1. The van der Waals surface area contributed by atoms with E-state index in [1.807, 2.05) is 18.2 Å². The maximum atomic E-state index is 13.4. The maximum Gasteiger partial charge on any atom is 0.326 e. The normalized spacial score (nSPS) is 17.3. The Kier molecular flexibility index (Phi) is 7.63. The summed E-state index contributed by atoms with van der Waals surface area (Å²) in [6, 6.07) is 18.9. The summed E-state index contributed by atoms with van der Waals surface area (Å²) in [6.45, 7) is 1.92. The minimum absolute atomic E-state index is 0.0241. The number of nitrogens with zero attached hydrogens (tertiary/aromatic N) is 3. The molecular weight excluding hydrogens is 494 g/mol. The van der Waals surface area contributed by atoms with Gasteiger partial charge in [-0.25, -0.2) is 4.79 Å². The number of benzene rings is 3. The number of likely N-dealkylation sites (tertiary alicyclic amines) is 1. The SMILES string of the molecule is CC(C(=O)N1CCCCC1C(=O)O)N(NC(N)=NS(=O)(=O)c1ccc2ccccc2c1)c1ccccc1. The standard InChI is InChI=1S/C26H29N5O5S/c1-18(24(32)30-16-8-7-13-23(30)25(33)34)31(21-11-3-2-4-12-21)28-26(27)29-37(35,36)22-15-14-19-9-5-6-10-20(19)17-22/h2-6,9-12,14-15,17-18,23H,7-8,13,16H2,1H3,(H,33,34)(H3,27,28,29). The third kappa shape index (κ3) is 5.83. The van der Waals surface area contributed by atoms with Crippen molar-refractivity contribution >= 4 is 44.3 Å². The summed E-state index contributed by atoms with van der Waals surface area (Å²) in [4.78, 5) is 26.5. The monoisotopic (exact) mass is 523 g/mol. The Balaban J connectivity index is 1.62. The molecule has 1 saturated heterocycles. The van der Waals surface area contributed by atoms with Gasteiger partial charge in [0.1, 0.15) is 12.1 Å². The van der Waals surface area contributed by atoms with E-state index in [0.717, 1.165) is 17.2 Å². The molecule has 1 aliphatic heterocycles. The molecule has 0 aliphatic carbocycles. The van der Waals surface area contributed by atoms with Crippen LogP contribution in [0.3, 0.4) is 0 Å². The van der Waals surface area contributed by atoms with Gasteiger partial charge in [0.2, 0.25) is 11.9 Å². The minimum Gasteiger partial charge on any atom is -0.480 e. The molecule has 1 heterocycles. The molecule has 0 spiro atoms. The van der Waals surface area contributed by atoms with Gasteiger partial charge in [0.25, 0.3) is 10.0 Å². The number of hydrazine groups is 1. The van der Waals surface area contributed by atoms with E-state index >= 15 is 0 Å². The number of hydrogen-bond donors (Lipinski definition) is 3. The Bertz CT molecular complexity index is 1430. The maximum absolute atomic E-state index is 13.4. The number of para-hydroxylation sites is 1. The molecular formula is C26H29N5O5S. The highest BCUT2D eigenvalue weighted by Crippen LogP contribution is 2.23. The van der Waals surface area contributed by atoms with Crippen molar-refractivity contribution in [1.29, 1.82) is 0 Å². The van der Waals surface area contributed by atoms with Crippen molar-refractivity contribution in [2.24, 2.45) is 10.1 Å². The molecule has 3 aromatic carbocycles. The van der Waals surface area contributed by atoms with Gasteiger partial charge in [-0.3, -0.25) is 15.2 Å². The van der Waals surface area contributed by atoms with Crippen LogP contribution >= 0.6 is 0 Å². The molecule has 2 atom stereocenters. The molecule has 0 radical (unpaired) electrons. The van der Waals surface area contributed by atoms with Gasteiger partial charge < -0.3 is 15.7 Å². The van der Waals surface area contributed by atoms with E-state index in [2.05, 4.69) is 9.82 Å². The molecule has 2 unspecified atom stereocenters. The molecule has 1 amide bonds. The summed E-state index contributed by atoms with van der Waals surface area (Å²) in [5.74, 6) is -1.92.